The molecule has 0 aliphatic carbocycles. The monoisotopic (exact) mass is 263 g/mol. The zero-order chi connectivity index (χ0) is 13.5. The van der Waals surface area contributed by atoms with Crippen molar-refractivity contribution >= 4 is 5.82 Å². The summed E-state index contributed by atoms with van der Waals surface area (Å²) in [5, 5.41) is 3.15. The number of hydrogen-bond donors (Lipinski definition) is 1. The first-order valence-corrected chi connectivity index (χ1v) is 7.30. The van der Waals surface area contributed by atoms with Crippen molar-refractivity contribution < 1.29 is 4.74 Å². The number of piperidine rings is 1. The van der Waals surface area contributed by atoms with Gasteiger partial charge in [0, 0.05) is 26.2 Å². The van der Waals surface area contributed by atoms with E-state index in [4.69, 9.17) is 9.72 Å². The molecule has 0 amide bonds. The summed E-state index contributed by atoms with van der Waals surface area (Å²) in [4.78, 5) is 7.06. The summed E-state index contributed by atoms with van der Waals surface area (Å²) in [6, 6.07) is 6.25. The largest absolute Gasteiger partial charge is 0.376 e. The second-order valence-electron chi connectivity index (χ2n) is 5.10. The fourth-order valence-corrected chi connectivity index (χ4v) is 2.49. The standard InChI is InChI=1S/C15H25N3O/c1-3-10-19-14-7-5-9-18(12-14)15-8-4-6-13(17-15)11-16-2/h4,6,8,14,16H,3,5,7,9-12H2,1-2H3. The lowest BCUT2D eigenvalue weighted by molar-refractivity contribution is 0.0439. The van der Waals surface area contributed by atoms with E-state index in [1.807, 2.05) is 7.05 Å². The summed E-state index contributed by atoms with van der Waals surface area (Å²) >= 11 is 0. The Hall–Kier alpha value is -1.13. The molecule has 0 spiro atoms. The molecule has 1 atom stereocenters. The quantitative estimate of drug-likeness (QED) is 0.854. The van der Waals surface area contributed by atoms with E-state index in [1.165, 1.54) is 12.8 Å². The van der Waals surface area contributed by atoms with Gasteiger partial charge >= 0.3 is 0 Å². The third-order valence-corrected chi connectivity index (χ3v) is 3.41. The van der Waals surface area contributed by atoms with E-state index in [9.17, 15) is 0 Å². The highest BCUT2D eigenvalue weighted by Gasteiger charge is 2.21. The van der Waals surface area contributed by atoms with Crippen LogP contribution in [-0.2, 0) is 11.3 Å². The second kappa shape index (κ2) is 7.46. The molecule has 19 heavy (non-hydrogen) atoms. The Morgan fingerprint density at radius 1 is 1.47 bits per heavy atom. The molecule has 1 aromatic heterocycles. The number of nitrogens with zero attached hydrogens (tertiary/aromatic N) is 2. The molecular weight excluding hydrogens is 238 g/mol. The Morgan fingerprint density at radius 2 is 2.37 bits per heavy atom. The molecule has 1 saturated heterocycles. The smallest absolute Gasteiger partial charge is 0.128 e. The molecule has 1 unspecified atom stereocenters. The van der Waals surface area contributed by atoms with Crippen LogP contribution in [0, 0.1) is 0 Å². The summed E-state index contributed by atoms with van der Waals surface area (Å²) in [7, 11) is 1.95. The lowest BCUT2D eigenvalue weighted by Gasteiger charge is -2.33. The lowest BCUT2D eigenvalue weighted by Crippen LogP contribution is -2.40. The van der Waals surface area contributed by atoms with E-state index in [-0.39, 0.29) is 0 Å². The Morgan fingerprint density at radius 3 is 3.16 bits per heavy atom. The molecule has 4 nitrogen and oxygen atoms in total. The molecule has 0 aromatic carbocycles. The fraction of sp³-hybridized carbons (Fsp3) is 0.667. The number of ether oxygens (including phenoxy) is 1. The van der Waals surface area contributed by atoms with Gasteiger partial charge in [0.25, 0.3) is 0 Å². The molecule has 0 radical (unpaired) electrons. The van der Waals surface area contributed by atoms with Gasteiger partial charge in [0.15, 0.2) is 0 Å². The van der Waals surface area contributed by atoms with Crippen LogP contribution in [0.3, 0.4) is 0 Å². The van der Waals surface area contributed by atoms with Crippen molar-refractivity contribution in [2.75, 3.05) is 31.6 Å². The average molecular weight is 263 g/mol. The molecule has 1 aliphatic heterocycles. The predicted molar refractivity (Wildman–Crippen MR) is 78.5 cm³/mol. The van der Waals surface area contributed by atoms with Crippen LogP contribution in [0.15, 0.2) is 18.2 Å². The highest BCUT2D eigenvalue weighted by Crippen LogP contribution is 2.20. The van der Waals surface area contributed by atoms with Crippen LogP contribution in [-0.4, -0.2) is 37.8 Å². The maximum absolute atomic E-state index is 5.88. The van der Waals surface area contributed by atoms with Crippen molar-refractivity contribution in [1.82, 2.24) is 10.3 Å². The molecule has 1 aromatic rings. The topological polar surface area (TPSA) is 37.4 Å². The van der Waals surface area contributed by atoms with Gasteiger partial charge in [-0.1, -0.05) is 13.0 Å². The summed E-state index contributed by atoms with van der Waals surface area (Å²) in [6.45, 7) is 5.89. The van der Waals surface area contributed by atoms with E-state index < -0.39 is 0 Å². The van der Waals surface area contributed by atoms with Gasteiger partial charge in [-0.25, -0.2) is 4.98 Å². The van der Waals surface area contributed by atoms with Gasteiger partial charge in [-0.2, -0.15) is 0 Å². The molecule has 1 aliphatic rings. The Balaban J connectivity index is 1.98. The predicted octanol–water partition coefficient (Wildman–Crippen LogP) is 2.20. The van der Waals surface area contributed by atoms with E-state index in [1.54, 1.807) is 0 Å². The van der Waals surface area contributed by atoms with Crippen LogP contribution in [0.2, 0.25) is 0 Å². The van der Waals surface area contributed by atoms with Crippen LogP contribution in [0.1, 0.15) is 31.9 Å². The first-order valence-electron chi connectivity index (χ1n) is 7.30. The minimum atomic E-state index is 0.364. The van der Waals surface area contributed by atoms with Crippen LogP contribution in [0.25, 0.3) is 0 Å². The lowest BCUT2D eigenvalue weighted by atomic mass is 10.1. The average Bonchev–Trinajstić information content (AvgIpc) is 2.46. The summed E-state index contributed by atoms with van der Waals surface area (Å²) in [6.07, 6.45) is 3.81. The number of rotatable bonds is 6. The van der Waals surface area contributed by atoms with Crippen molar-refractivity contribution in [3.05, 3.63) is 23.9 Å². The van der Waals surface area contributed by atoms with Crippen molar-refractivity contribution in [3.63, 3.8) is 0 Å². The van der Waals surface area contributed by atoms with Crippen LogP contribution >= 0.6 is 0 Å². The molecule has 0 saturated carbocycles. The maximum atomic E-state index is 5.88. The van der Waals surface area contributed by atoms with E-state index in [0.717, 1.165) is 44.2 Å². The second-order valence-corrected chi connectivity index (χ2v) is 5.10. The van der Waals surface area contributed by atoms with Gasteiger partial charge < -0.3 is 15.0 Å². The highest BCUT2D eigenvalue weighted by atomic mass is 16.5. The molecular formula is C15H25N3O. The normalized spacial score (nSPS) is 19.7. The zero-order valence-electron chi connectivity index (χ0n) is 12.1. The summed E-state index contributed by atoms with van der Waals surface area (Å²) in [5.74, 6) is 1.08. The first kappa shape index (κ1) is 14.3. The van der Waals surface area contributed by atoms with E-state index in [2.05, 4.69) is 35.3 Å². The Bertz CT molecular complexity index is 383. The number of pyridine rings is 1. The molecule has 2 rings (SSSR count). The third-order valence-electron chi connectivity index (χ3n) is 3.41. The summed E-state index contributed by atoms with van der Waals surface area (Å²) in [5.41, 5.74) is 1.09. The first-order chi connectivity index (χ1) is 9.33. The SMILES string of the molecule is CCCOC1CCCN(c2cccc(CNC)n2)C1. The number of anilines is 1. The zero-order valence-corrected chi connectivity index (χ0v) is 12.1. The number of hydrogen-bond acceptors (Lipinski definition) is 4. The fourth-order valence-electron chi connectivity index (χ4n) is 2.49. The highest BCUT2D eigenvalue weighted by molar-refractivity contribution is 5.40. The maximum Gasteiger partial charge on any atom is 0.128 e. The molecule has 0 bridgehead atoms. The Kier molecular flexibility index (Phi) is 5.61. The van der Waals surface area contributed by atoms with Crippen LogP contribution < -0.4 is 10.2 Å². The Labute approximate surface area is 116 Å². The van der Waals surface area contributed by atoms with E-state index in [0.29, 0.717) is 6.10 Å². The van der Waals surface area contributed by atoms with E-state index >= 15 is 0 Å². The minimum Gasteiger partial charge on any atom is -0.376 e. The van der Waals surface area contributed by atoms with Crippen molar-refractivity contribution in [3.8, 4) is 0 Å². The molecule has 2 heterocycles. The third kappa shape index (κ3) is 4.18. The summed E-state index contributed by atoms with van der Waals surface area (Å²) < 4.78 is 5.88. The van der Waals surface area contributed by atoms with Gasteiger partial charge in [0.2, 0.25) is 0 Å². The molecule has 1 N–H and O–H groups in total. The van der Waals surface area contributed by atoms with Gasteiger partial charge in [-0.3, -0.25) is 0 Å². The van der Waals surface area contributed by atoms with Gasteiger partial charge in [-0.15, -0.1) is 0 Å². The van der Waals surface area contributed by atoms with Gasteiger partial charge in [0.1, 0.15) is 5.82 Å². The minimum absolute atomic E-state index is 0.364. The van der Waals surface area contributed by atoms with Crippen molar-refractivity contribution in [2.24, 2.45) is 0 Å². The van der Waals surface area contributed by atoms with Gasteiger partial charge in [-0.05, 0) is 38.4 Å². The molecule has 1 fully saturated rings. The number of nitrogens with one attached hydrogen (secondary N) is 1. The van der Waals surface area contributed by atoms with Crippen molar-refractivity contribution in [1.29, 1.82) is 0 Å². The van der Waals surface area contributed by atoms with Crippen LogP contribution in [0.5, 0.6) is 0 Å². The molecule has 106 valence electrons. The number of aromatic nitrogens is 1. The van der Waals surface area contributed by atoms with Crippen molar-refractivity contribution in [2.45, 2.75) is 38.8 Å². The van der Waals surface area contributed by atoms with Crippen LogP contribution in [0.4, 0.5) is 5.82 Å². The molecule has 4 heteroatoms. The van der Waals surface area contributed by atoms with Gasteiger partial charge in [0.05, 0.1) is 11.8 Å².